The Morgan fingerprint density at radius 3 is 2.53 bits per heavy atom. The molecule has 0 aromatic carbocycles. The molecule has 0 unspecified atom stereocenters. The van der Waals surface area contributed by atoms with Gasteiger partial charge in [0.15, 0.2) is 0 Å². The summed E-state index contributed by atoms with van der Waals surface area (Å²) < 4.78 is 5.43. The van der Waals surface area contributed by atoms with E-state index in [1.807, 2.05) is 6.92 Å². The number of nitrogens with zero attached hydrogens (tertiary/aromatic N) is 3. The average Bonchev–Trinajstić information content (AvgIpc) is 3.20. The quantitative estimate of drug-likeness (QED) is 0.508. The van der Waals surface area contributed by atoms with Crippen molar-refractivity contribution < 1.29 is 4.74 Å². The molecule has 4 N–H and O–H groups in total. The van der Waals surface area contributed by atoms with Gasteiger partial charge in [-0.05, 0) is 39.0 Å². The molecule has 1 heterocycles. The third-order valence-electron chi connectivity index (χ3n) is 3.21. The SMILES string of the molecule is CCCOc1nc(NN)nc(NC(C)(C)C2CC2)n1. The average molecular weight is 266 g/mol. The lowest BCUT2D eigenvalue weighted by Gasteiger charge is -2.26. The molecule has 1 aromatic heterocycles. The smallest absolute Gasteiger partial charge is 0.323 e. The molecule has 0 bridgehead atoms. The van der Waals surface area contributed by atoms with Crippen LogP contribution in [0, 0.1) is 5.92 Å². The summed E-state index contributed by atoms with van der Waals surface area (Å²) >= 11 is 0. The first-order valence-electron chi connectivity index (χ1n) is 6.69. The zero-order chi connectivity index (χ0) is 13.9. The lowest BCUT2D eigenvalue weighted by Crippen LogP contribution is -2.34. The zero-order valence-electron chi connectivity index (χ0n) is 11.7. The van der Waals surface area contributed by atoms with Crippen molar-refractivity contribution in [3.8, 4) is 6.01 Å². The second-order valence-corrected chi connectivity index (χ2v) is 5.38. The monoisotopic (exact) mass is 266 g/mol. The molecular formula is C12H22N6O. The van der Waals surface area contributed by atoms with Crippen molar-refractivity contribution in [2.45, 2.75) is 45.6 Å². The molecule has 0 radical (unpaired) electrons. The fraction of sp³-hybridized carbons (Fsp3) is 0.750. The highest BCUT2D eigenvalue weighted by molar-refractivity contribution is 5.37. The predicted molar refractivity (Wildman–Crippen MR) is 73.8 cm³/mol. The molecule has 0 atom stereocenters. The van der Waals surface area contributed by atoms with Crippen molar-refractivity contribution in [2.24, 2.45) is 11.8 Å². The minimum absolute atomic E-state index is 0.0325. The first-order valence-corrected chi connectivity index (χ1v) is 6.69. The Morgan fingerprint density at radius 1 is 1.26 bits per heavy atom. The predicted octanol–water partition coefficient (Wildman–Crippen LogP) is 1.55. The van der Waals surface area contributed by atoms with Gasteiger partial charge in [0.1, 0.15) is 0 Å². The van der Waals surface area contributed by atoms with E-state index < -0.39 is 0 Å². The number of hydrogen-bond donors (Lipinski definition) is 3. The van der Waals surface area contributed by atoms with E-state index in [-0.39, 0.29) is 5.54 Å². The van der Waals surface area contributed by atoms with Crippen LogP contribution in [0.5, 0.6) is 6.01 Å². The van der Waals surface area contributed by atoms with Crippen molar-refractivity contribution in [1.82, 2.24) is 15.0 Å². The van der Waals surface area contributed by atoms with Gasteiger partial charge in [0.05, 0.1) is 6.61 Å². The van der Waals surface area contributed by atoms with E-state index in [9.17, 15) is 0 Å². The second kappa shape index (κ2) is 5.56. The zero-order valence-corrected chi connectivity index (χ0v) is 11.7. The molecular weight excluding hydrogens is 244 g/mol. The maximum Gasteiger partial charge on any atom is 0.323 e. The fourth-order valence-corrected chi connectivity index (χ4v) is 1.93. The second-order valence-electron chi connectivity index (χ2n) is 5.38. The lowest BCUT2D eigenvalue weighted by molar-refractivity contribution is 0.292. The van der Waals surface area contributed by atoms with Crippen LogP contribution in [-0.2, 0) is 0 Å². The van der Waals surface area contributed by atoms with E-state index in [0.717, 1.165) is 6.42 Å². The Morgan fingerprint density at radius 2 is 1.95 bits per heavy atom. The number of nitrogen functional groups attached to an aromatic ring is 1. The summed E-state index contributed by atoms with van der Waals surface area (Å²) in [6.45, 7) is 6.89. The molecule has 7 nitrogen and oxygen atoms in total. The Hall–Kier alpha value is -1.63. The number of hydrazine groups is 1. The number of nitrogens with two attached hydrogens (primary N) is 1. The summed E-state index contributed by atoms with van der Waals surface area (Å²) in [4.78, 5) is 12.5. The molecule has 1 fully saturated rings. The lowest BCUT2D eigenvalue weighted by atomic mass is 9.99. The molecule has 106 valence electrons. The van der Waals surface area contributed by atoms with Gasteiger partial charge in [0, 0.05) is 5.54 Å². The van der Waals surface area contributed by atoms with Crippen molar-refractivity contribution in [3.63, 3.8) is 0 Å². The van der Waals surface area contributed by atoms with Crippen molar-refractivity contribution in [1.29, 1.82) is 0 Å². The third kappa shape index (κ3) is 3.66. The number of anilines is 2. The summed E-state index contributed by atoms with van der Waals surface area (Å²) in [6, 6.07) is 0.291. The number of nitrogens with one attached hydrogen (secondary N) is 2. The van der Waals surface area contributed by atoms with E-state index in [1.54, 1.807) is 0 Å². The van der Waals surface area contributed by atoms with Crippen LogP contribution in [0.1, 0.15) is 40.0 Å². The number of ether oxygens (including phenoxy) is 1. The van der Waals surface area contributed by atoms with E-state index in [2.05, 4.69) is 39.5 Å². The maximum absolute atomic E-state index is 5.43. The summed E-state index contributed by atoms with van der Waals surface area (Å²) in [5.74, 6) is 6.82. The largest absolute Gasteiger partial charge is 0.463 e. The highest BCUT2D eigenvalue weighted by atomic mass is 16.5. The van der Waals surface area contributed by atoms with E-state index in [1.165, 1.54) is 12.8 Å². The maximum atomic E-state index is 5.43. The highest BCUT2D eigenvalue weighted by Gasteiger charge is 2.38. The molecule has 1 aliphatic rings. The molecule has 7 heteroatoms. The fourth-order valence-electron chi connectivity index (χ4n) is 1.93. The van der Waals surface area contributed by atoms with Gasteiger partial charge in [-0.15, -0.1) is 0 Å². The van der Waals surface area contributed by atoms with Crippen LogP contribution in [-0.4, -0.2) is 27.1 Å². The van der Waals surface area contributed by atoms with Gasteiger partial charge < -0.3 is 10.1 Å². The summed E-state index contributed by atoms with van der Waals surface area (Å²) in [6.07, 6.45) is 3.38. The van der Waals surface area contributed by atoms with Gasteiger partial charge >= 0.3 is 6.01 Å². The molecule has 1 aromatic rings. The first-order chi connectivity index (χ1) is 9.05. The van der Waals surface area contributed by atoms with E-state index in [4.69, 9.17) is 10.6 Å². The molecule has 1 aliphatic carbocycles. The van der Waals surface area contributed by atoms with Crippen LogP contribution in [0.25, 0.3) is 0 Å². The number of hydrogen-bond acceptors (Lipinski definition) is 7. The number of rotatable bonds is 7. The molecule has 2 rings (SSSR count). The van der Waals surface area contributed by atoms with Gasteiger partial charge in [-0.3, -0.25) is 5.43 Å². The summed E-state index contributed by atoms with van der Waals surface area (Å²) in [5, 5.41) is 3.33. The minimum atomic E-state index is -0.0325. The van der Waals surface area contributed by atoms with Crippen LogP contribution in [0.4, 0.5) is 11.9 Å². The normalized spacial score (nSPS) is 15.2. The van der Waals surface area contributed by atoms with Crippen molar-refractivity contribution in [2.75, 3.05) is 17.3 Å². The van der Waals surface area contributed by atoms with Gasteiger partial charge in [-0.1, -0.05) is 6.92 Å². The van der Waals surface area contributed by atoms with Crippen LogP contribution in [0.15, 0.2) is 0 Å². The van der Waals surface area contributed by atoms with Crippen LogP contribution in [0.2, 0.25) is 0 Å². The van der Waals surface area contributed by atoms with E-state index >= 15 is 0 Å². The topological polar surface area (TPSA) is 98.0 Å². The summed E-state index contributed by atoms with van der Waals surface area (Å²) in [5.41, 5.74) is 2.40. The van der Waals surface area contributed by atoms with Crippen molar-refractivity contribution >= 4 is 11.9 Å². The Balaban J connectivity index is 2.13. The molecule has 1 saturated carbocycles. The molecule has 0 aliphatic heterocycles. The Kier molecular flexibility index (Phi) is 4.04. The highest BCUT2D eigenvalue weighted by Crippen LogP contribution is 2.40. The van der Waals surface area contributed by atoms with Gasteiger partial charge in [-0.25, -0.2) is 5.84 Å². The Labute approximate surface area is 113 Å². The van der Waals surface area contributed by atoms with Crippen LogP contribution >= 0.6 is 0 Å². The van der Waals surface area contributed by atoms with Crippen LogP contribution in [0.3, 0.4) is 0 Å². The molecule has 0 amide bonds. The Bertz CT molecular complexity index is 432. The first kappa shape index (κ1) is 13.8. The van der Waals surface area contributed by atoms with Gasteiger partial charge in [-0.2, -0.15) is 15.0 Å². The molecule has 0 saturated heterocycles. The summed E-state index contributed by atoms with van der Waals surface area (Å²) in [7, 11) is 0. The van der Waals surface area contributed by atoms with E-state index in [0.29, 0.717) is 30.4 Å². The third-order valence-corrected chi connectivity index (χ3v) is 3.21. The van der Waals surface area contributed by atoms with Gasteiger partial charge in [0.25, 0.3) is 0 Å². The molecule has 0 spiro atoms. The standard InChI is InChI=1S/C12H22N6O/c1-4-7-19-11-15-9(14-10(16-11)18-13)17-12(2,3)8-5-6-8/h8H,4-7,13H2,1-3H3,(H2,14,15,16,17,18). The molecule has 19 heavy (non-hydrogen) atoms. The minimum Gasteiger partial charge on any atom is -0.463 e. The van der Waals surface area contributed by atoms with Crippen LogP contribution < -0.4 is 21.3 Å². The van der Waals surface area contributed by atoms with Crippen molar-refractivity contribution in [3.05, 3.63) is 0 Å². The van der Waals surface area contributed by atoms with Gasteiger partial charge in [0.2, 0.25) is 11.9 Å². The number of aromatic nitrogens is 3.